The van der Waals surface area contributed by atoms with Crippen molar-refractivity contribution in [3.05, 3.63) is 52.8 Å². The summed E-state index contributed by atoms with van der Waals surface area (Å²) in [6.07, 6.45) is 12.9. The summed E-state index contributed by atoms with van der Waals surface area (Å²) in [6.45, 7) is 4.19. The lowest BCUT2D eigenvalue weighted by atomic mass is 9.71. The molecule has 0 aliphatic heterocycles. The summed E-state index contributed by atoms with van der Waals surface area (Å²) < 4.78 is 19.4. The molecule has 0 heterocycles. The van der Waals surface area contributed by atoms with Gasteiger partial charge in [0.1, 0.15) is 5.82 Å². The summed E-state index contributed by atoms with van der Waals surface area (Å²) in [6, 6.07) is 3.74. The minimum absolute atomic E-state index is 0.241. The quantitative estimate of drug-likeness (QED) is 0.523. The van der Waals surface area contributed by atoms with E-state index in [0.717, 1.165) is 36.2 Å². The second-order valence-electron chi connectivity index (χ2n) is 7.51. The maximum atomic E-state index is 14.4. The zero-order chi connectivity index (χ0) is 17.8. The first kappa shape index (κ1) is 18.7. The summed E-state index contributed by atoms with van der Waals surface area (Å²) in [4.78, 5) is 0. The van der Waals surface area contributed by atoms with E-state index in [0.29, 0.717) is 5.56 Å². The number of ether oxygens (including phenoxy) is 1. The molecule has 1 aromatic rings. The van der Waals surface area contributed by atoms with Gasteiger partial charge in [0.15, 0.2) is 0 Å². The predicted octanol–water partition coefficient (Wildman–Crippen LogP) is 6.80. The van der Waals surface area contributed by atoms with Crippen LogP contribution in [0.5, 0.6) is 0 Å². The van der Waals surface area contributed by atoms with Crippen LogP contribution in [0.15, 0.2) is 30.9 Å². The van der Waals surface area contributed by atoms with Gasteiger partial charge in [-0.3, -0.25) is 0 Å². The topological polar surface area (TPSA) is 9.23 Å². The standard InChI is InChI=1S/C22H28ClFO/c1-3-15-4-6-16(7-5-15)17-8-10-18(11-9-17)20-13-12-19(14-25-2)22(24)21(20)23/h3,10,12-13,15-17H,1,4-9,11,14H2,2H3. The average molecular weight is 363 g/mol. The van der Waals surface area contributed by atoms with E-state index in [9.17, 15) is 4.39 Å². The zero-order valence-electron chi connectivity index (χ0n) is 15.1. The van der Waals surface area contributed by atoms with E-state index >= 15 is 0 Å². The van der Waals surface area contributed by atoms with E-state index in [1.807, 2.05) is 6.07 Å². The highest BCUT2D eigenvalue weighted by atomic mass is 35.5. The maximum absolute atomic E-state index is 14.4. The van der Waals surface area contributed by atoms with Crippen LogP contribution >= 0.6 is 11.6 Å². The molecule has 1 nitrogen and oxygen atoms in total. The summed E-state index contributed by atoms with van der Waals surface area (Å²) in [5.74, 6) is 1.99. The van der Waals surface area contributed by atoms with Crippen LogP contribution in [0, 0.1) is 23.6 Å². The van der Waals surface area contributed by atoms with Crippen molar-refractivity contribution in [1.29, 1.82) is 0 Å². The van der Waals surface area contributed by atoms with Crippen LogP contribution in [0.2, 0.25) is 5.02 Å². The lowest BCUT2D eigenvalue weighted by Gasteiger charge is -2.34. The molecule has 0 N–H and O–H groups in total. The van der Waals surface area contributed by atoms with Crippen molar-refractivity contribution in [2.75, 3.05) is 7.11 Å². The fraction of sp³-hybridized carbons (Fsp3) is 0.545. The van der Waals surface area contributed by atoms with Gasteiger partial charge in [-0.25, -0.2) is 4.39 Å². The number of allylic oxidation sites excluding steroid dienone is 3. The Morgan fingerprint density at radius 1 is 1.20 bits per heavy atom. The number of hydrogen-bond donors (Lipinski definition) is 0. The molecule has 0 aromatic heterocycles. The monoisotopic (exact) mass is 362 g/mol. The third kappa shape index (κ3) is 4.17. The fourth-order valence-electron chi connectivity index (χ4n) is 4.48. The molecule has 0 radical (unpaired) electrons. The van der Waals surface area contributed by atoms with Crippen molar-refractivity contribution >= 4 is 17.2 Å². The van der Waals surface area contributed by atoms with Crippen LogP contribution in [0.25, 0.3) is 5.57 Å². The first-order valence-corrected chi connectivity index (χ1v) is 9.79. The molecule has 3 heteroatoms. The largest absolute Gasteiger partial charge is 0.380 e. The number of methoxy groups -OCH3 is 1. The molecule has 2 aliphatic carbocycles. The Balaban J connectivity index is 1.67. The van der Waals surface area contributed by atoms with Crippen molar-refractivity contribution < 1.29 is 9.13 Å². The second-order valence-corrected chi connectivity index (χ2v) is 7.89. The Bertz CT molecular complexity index is 644. The first-order chi connectivity index (χ1) is 12.1. The highest BCUT2D eigenvalue weighted by molar-refractivity contribution is 6.32. The van der Waals surface area contributed by atoms with Gasteiger partial charge in [0.25, 0.3) is 0 Å². The molecule has 136 valence electrons. The Morgan fingerprint density at radius 2 is 1.96 bits per heavy atom. The third-order valence-electron chi connectivity index (χ3n) is 6.08. The molecule has 1 unspecified atom stereocenters. The van der Waals surface area contributed by atoms with E-state index in [1.165, 1.54) is 37.7 Å². The number of benzene rings is 1. The molecule has 0 amide bonds. The minimum atomic E-state index is -0.341. The molecule has 2 aliphatic rings. The van der Waals surface area contributed by atoms with Crippen molar-refractivity contribution in [3.8, 4) is 0 Å². The molecule has 1 saturated carbocycles. The van der Waals surface area contributed by atoms with Crippen molar-refractivity contribution in [2.24, 2.45) is 17.8 Å². The summed E-state index contributed by atoms with van der Waals surface area (Å²) in [5, 5.41) is 0.241. The van der Waals surface area contributed by atoms with Gasteiger partial charge in [0.05, 0.1) is 11.6 Å². The van der Waals surface area contributed by atoms with Crippen molar-refractivity contribution in [3.63, 3.8) is 0 Å². The number of halogens is 2. The lowest BCUT2D eigenvalue weighted by Crippen LogP contribution is -2.22. The van der Waals surface area contributed by atoms with E-state index in [1.54, 1.807) is 13.2 Å². The molecule has 0 saturated heterocycles. The van der Waals surface area contributed by atoms with Gasteiger partial charge in [-0.15, -0.1) is 6.58 Å². The molecule has 0 spiro atoms. The Morgan fingerprint density at radius 3 is 2.56 bits per heavy atom. The van der Waals surface area contributed by atoms with Crippen LogP contribution in [0.3, 0.4) is 0 Å². The van der Waals surface area contributed by atoms with Gasteiger partial charge in [0.2, 0.25) is 0 Å². The average Bonchev–Trinajstić information content (AvgIpc) is 2.66. The van der Waals surface area contributed by atoms with Crippen LogP contribution in [-0.4, -0.2) is 7.11 Å². The highest BCUT2D eigenvalue weighted by Gasteiger charge is 2.28. The maximum Gasteiger partial charge on any atom is 0.147 e. The highest BCUT2D eigenvalue weighted by Crippen LogP contribution is 2.42. The summed E-state index contributed by atoms with van der Waals surface area (Å²) >= 11 is 6.30. The van der Waals surface area contributed by atoms with Gasteiger partial charge < -0.3 is 4.74 Å². The van der Waals surface area contributed by atoms with Gasteiger partial charge in [-0.2, -0.15) is 0 Å². The molecule has 25 heavy (non-hydrogen) atoms. The second kappa shape index (κ2) is 8.51. The van der Waals surface area contributed by atoms with Gasteiger partial charge >= 0.3 is 0 Å². The van der Waals surface area contributed by atoms with Gasteiger partial charge in [0, 0.05) is 12.7 Å². The number of rotatable bonds is 5. The molecular weight excluding hydrogens is 335 g/mol. The predicted molar refractivity (Wildman–Crippen MR) is 103 cm³/mol. The molecular formula is C22H28ClFO. The van der Waals surface area contributed by atoms with Gasteiger partial charge in [-0.1, -0.05) is 35.9 Å². The SMILES string of the molecule is C=CC1CCC(C2CC=C(c3ccc(COC)c(F)c3Cl)CC2)CC1. The Labute approximate surface area is 155 Å². The first-order valence-electron chi connectivity index (χ1n) is 9.41. The van der Waals surface area contributed by atoms with Crippen molar-refractivity contribution in [2.45, 2.75) is 51.6 Å². The van der Waals surface area contributed by atoms with Crippen LogP contribution in [0.4, 0.5) is 4.39 Å². The van der Waals surface area contributed by atoms with Crippen LogP contribution in [-0.2, 0) is 11.3 Å². The normalized spacial score (nSPS) is 27.0. The molecule has 0 bridgehead atoms. The fourth-order valence-corrected chi connectivity index (χ4v) is 4.79. The summed E-state index contributed by atoms with van der Waals surface area (Å²) in [5.41, 5.74) is 2.57. The minimum Gasteiger partial charge on any atom is -0.380 e. The number of hydrogen-bond acceptors (Lipinski definition) is 1. The molecule has 1 aromatic carbocycles. The Kier molecular flexibility index (Phi) is 6.35. The lowest BCUT2D eigenvalue weighted by molar-refractivity contribution is 0.181. The van der Waals surface area contributed by atoms with E-state index in [-0.39, 0.29) is 17.4 Å². The van der Waals surface area contributed by atoms with E-state index in [2.05, 4.69) is 18.7 Å². The van der Waals surface area contributed by atoms with Gasteiger partial charge in [-0.05, 0) is 73.8 Å². The zero-order valence-corrected chi connectivity index (χ0v) is 15.8. The van der Waals surface area contributed by atoms with E-state index < -0.39 is 0 Å². The van der Waals surface area contributed by atoms with Crippen LogP contribution < -0.4 is 0 Å². The Hall–Kier alpha value is -1.12. The van der Waals surface area contributed by atoms with Crippen molar-refractivity contribution in [1.82, 2.24) is 0 Å². The smallest absolute Gasteiger partial charge is 0.147 e. The molecule has 1 atom stereocenters. The summed E-state index contributed by atoms with van der Waals surface area (Å²) in [7, 11) is 1.56. The molecule has 3 rings (SSSR count). The third-order valence-corrected chi connectivity index (χ3v) is 6.45. The molecule has 1 fully saturated rings. The van der Waals surface area contributed by atoms with Crippen LogP contribution in [0.1, 0.15) is 56.1 Å². The van der Waals surface area contributed by atoms with E-state index in [4.69, 9.17) is 16.3 Å².